The lowest BCUT2D eigenvalue weighted by molar-refractivity contribution is 0.135. The lowest BCUT2D eigenvalue weighted by Crippen LogP contribution is -2.43. The van der Waals surface area contributed by atoms with E-state index in [1.54, 1.807) is 7.11 Å². The first kappa shape index (κ1) is 12.9. The van der Waals surface area contributed by atoms with Gasteiger partial charge in [0.1, 0.15) is 0 Å². The SMILES string of the molecule is COCC(CCO)NC1CCC(C)CC1. The summed E-state index contributed by atoms with van der Waals surface area (Å²) in [4.78, 5) is 0. The largest absolute Gasteiger partial charge is 0.396 e. The molecule has 90 valence electrons. The number of methoxy groups -OCH3 is 1. The van der Waals surface area contributed by atoms with Crippen molar-refractivity contribution in [3.63, 3.8) is 0 Å². The molecule has 1 aliphatic carbocycles. The normalized spacial score (nSPS) is 29.0. The van der Waals surface area contributed by atoms with Gasteiger partial charge in [-0.25, -0.2) is 0 Å². The van der Waals surface area contributed by atoms with Crippen molar-refractivity contribution in [2.24, 2.45) is 5.92 Å². The molecule has 0 spiro atoms. The van der Waals surface area contributed by atoms with Crippen LogP contribution in [0.1, 0.15) is 39.0 Å². The maximum Gasteiger partial charge on any atom is 0.0616 e. The average Bonchev–Trinajstić information content (AvgIpc) is 2.22. The van der Waals surface area contributed by atoms with Crippen LogP contribution in [-0.2, 0) is 4.74 Å². The lowest BCUT2D eigenvalue weighted by atomic mass is 9.87. The third-order valence-electron chi connectivity index (χ3n) is 3.33. The van der Waals surface area contributed by atoms with E-state index < -0.39 is 0 Å². The molecule has 1 aliphatic rings. The molecule has 1 atom stereocenters. The number of rotatable bonds is 6. The fourth-order valence-electron chi connectivity index (χ4n) is 2.33. The van der Waals surface area contributed by atoms with Crippen LogP contribution < -0.4 is 5.32 Å². The molecule has 0 aromatic rings. The maximum atomic E-state index is 8.94. The Labute approximate surface area is 93.2 Å². The molecule has 0 aliphatic heterocycles. The van der Waals surface area contributed by atoms with Crippen molar-refractivity contribution in [1.29, 1.82) is 0 Å². The van der Waals surface area contributed by atoms with Gasteiger partial charge in [-0.2, -0.15) is 0 Å². The molecule has 2 N–H and O–H groups in total. The summed E-state index contributed by atoms with van der Waals surface area (Å²) in [5, 5.41) is 12.5. The van der Waals surface area contributed by atoms with Gasteiger partial charge >= 0.3 is 0 Å². The predicted octanol–water partition coefficient (Wildman–Crippen LogP) is 1.55. The zero-order chi connectivity index (χ0) is 11.1. The molecular formula is C12H25NO2. The average molecular weight is 215 g/mol. The first-order valence-electron chi connectivity index (χ1n) is 6.12. The molecule has 0 aromatic carbocycles. The summed E-state index contributed by atoms with van der Waals surface area (Å²) >= 11 is 0. The number of ether oxygens (including phenoxy) is 1. The summed E-state index contributed by atoms with van der Waals surface area (Å²) in [6.07, 6.45) is 5.99. The Bertz CT molecular complexity index is 150. The van der Waals surface area contributed by atoms with Crippen LogP contribution in [0.2, 0.25) is 0 Å². The number of hydrogen-bond donors (Lipinski definition) is 2. The van der Waals surface area contributed by atoms with Crippen molar-refractivity contribution in [2.75, 3.05) is 20.3 Å². The van der Waals surface area contributed by atoms with Gasteiger partial charge in [0.2, 0.25) is 0 Å². The van der Waals surface area contributed by atoms with Crippen LogP contribution in [0.15, 0.2) is 0 Å². The molecular weight excluding hydrogens is 190 g/mol. The molecule has 3 heteroatoms. The highest BCUT2D eigenvalue weighted by Crippen LogP contribution is 2.23. The van der Waals surface area contributed by atoms with E-state index in [-0.39, 0.29) is 6.61 Å². The highest BCUT2D eigenvalue weighted by molar-refractivity contribution is 4.79. The summed E-state index contributed by atoms with van der Waals surface area (Å²) in [5.41, 5.74) is 0. The number of aliphatic hydroxyl groups excluding tert-OH is 1. The molecule has 15 heavy (non-hydrogen) atoms. The highest BCUT2D eigenvalue weighted by Gasteiger charge is 2.20. The number of nitrogens with one attached hydrogen (secondary N) is 1. The number of hydrogen-bond acceptors (Lipinski definition) is 3. The highest BCUT2D eigenvalue weighted by atomic mass is 16.5. The van der Waals surface area contributed by atoms with E-state index in [1.807, 2.05) is 0 Å². The molecule has 0 heterocycles. The van der Waals surface area contributed by atoms with Crippen LogP contribution in [0.25, 0.3) is 0 Å². The minimum Gasteiger partial charge on any atom is -0.396 e. The third kappa shape index (κ3) is 4.96. The van der Waals surface area contributed by atoms with Gasteiger partial charge in [-0.1, -0.05) is 6.92 Å². The summed E-state index contributed by atoms with van der Waals surface area (Å²) in [6, 6.07) is 0.950. The summed E-state index contributed by atoms with van der Waals surface area (Å²) < 4.78 is 5.15. The van der Waals surface area contributed by atoms with Gasteiger partial charge in [-0.15, -0.1) is 0 Å². The van der Waals surface area contributed by atoms with E-state index in [2.05, 4.69) is 12.2 Å². The minimum absolute atomic E-state index is 0.240. The van der Waals surface area contributed by atoms with Gasteiger partial charge in [0.15, 0.2) is 0 Å². The van der Waals surface area contributed by atoms with Crippen molar-refractivity contribution in [3.05, 3.63) is 0 Å². The second-order valence-electron chi connectivity index (χ2n) is 4.79. The topological polar surface area (TPSA) is 41.5 Å². The zero-order valence-corrected chi connectivity index (χ0v) is 10.0. The molecule has 1 saturated carbocycles. The molecule has 0 aromatic heterocycles. The molecule has 1 fully saturated rings. The standard InChI is InChI=1S/C12H25NO2/c1-10-3-5-11(6-4-10)13-12(7-8-14)9-15-2/h10-14H,3-9H2,1-2H3. The van der Waals surface area contributed by atoms with Crippen LogP contribution in [-0.4, -0.2) is 37.5 Å². The molecule has 0 saturated heterocycles. The van der Waals surface area contributed by atoms with Gasteiger partial charge in [0.25, 0.3) is 0 Å². The monoisotopic (exact) mass is 215 g/mol. The zero-order valence-electron chi connectivity index (χ0n) is 10.0. The minimum atomic E-state index is 0.240. The second kappa shape index (κ2) is 7.20. The van der Waals surface area contributed by atoms with Crippen LogP contribution >= 0.6 is 0 Å². The first-order valence-corrected chi connectivity index (χ1v) is 6.12. The Morgan fingerprint density at radius 2 is 2.00 bits per heavy atom. The van der Waals surface area contributed by atoms with Gasteiger partial charge < -0.3 is 15.2 Å². The van der Waals surface area contributed by atoms with E-state index in [0.717, 1.165) is 12.3 Å². The van der Waals surface area contributed by atoms with Crippen molar-refractivity contribution in [2.45, 2.75) is 51.1 Å². The van der Waals surface area contributed by atoms with E-state index in [4.69, 9.17) is 9.84 Å². The van der Waals surface area contributed by atoms with Gasteiger partial charge in [0, 0.05) is 25.8 Å². The van der Waals surface area contributed by atoms with Crippen LogP contribution in [0, 0.1) is 5.92 Å². The Balaban J connectivity index is 2.24. The smallest absolute Gasteiger partial charge is 0.0616 e. The first-order chi connectivity index (χ1) is 7.26. The molecule has 1 rings (SSSR count). The Morgan fingerprint density at radius 3 is 2.53 bits per heavy atom. The van der Waals surface area contributed by atoms with E-state index >= 15 is 0 Å². The van der Waals surface area contributed by atoms with Crippen molar-refractivity contribution in [3.8, 4) is 0 Å². The summed E-state index contributed by atoms with van der Waals surface area (Å²) in [6.45, 7) is 3.27. The Kier molecular flexibility index (Phi) is 6.22. The third-order valence-corrected chi connectivity index (χ3v) is 3.33. The van der Waals surface area contributed by atoms with E-state index in [0.29, 0.717) is 18.7 Å². The summed E-state index contributed by atoms with van der Waals surface area (Å²) in [7, 11) is 1.72. The molecule has 0 amide bonds. The molecule has 0 radical (unpaired) electrons. The van der Waals surface area contributed by atoms with Crippen LogP contribution in [0.3, 0.4) is 0 Å². The molecule has 0 bridgehead atoms. The number of aliphatic hydroxyl groups is 1. The predicted molar refractivity (Wildman–Crippen MR) is 61.9 cm³/mol. The van der Waals surface area contributed by atoms with Crippen LogP contribution in [0.4, 0.5) is 0 Å². The fraction of sp³-hybridized carbons (Fsp3) is 1.00. The van der Waals surface area contributed by atoms with Gasteiger partial charge in [-0.05, 0) is 38.0 Å². The lowest BCUT2D eigenvalue weighted by Gasteiger charge is -2.30. The fourth-order valence-corrected chi connectivity index (χ4v) is 2.33. The Morgan fingerprint density at radius 1 is 1.33 bits per heavy atom. The van der Waals surface area contributed by atoms with Crippen molar-refractivity contribution < 1.29 is 9.84 Å². The van der Waals surface area contributed by atoms with Crippen molar-refractivity contribution in [1.82, 2.24) is 5.32 Å². The quantitative estimate of drug-likeness (QED) is 0.706. The van der Waals surface area contributed by atoms with E-state index in [9.17, 15) is 0 Å². The summed E-state index contributed by atoms with van der Waals surface area (Å²) in [5.74, 6) is 0.891. The van der Waals surface area contributed by atoms with Crippen molar-refractivity contribution >= 4 is 0 Å². The Hall–Kier alpha value is -0.120. The maximum absolute atomic E-state index is 8.94. The molecule has 1 unspecified atom stereocenters. The van der Waals surface area contributed by atoms with E-state index in [1.165, 1.54) is 25.7 Å². The van der Waals surface area contributed by atoms with Gasteiger partial charge in [0.05, 0.1) is 6.61 Å². The second-order valence-corrected chi connectivity index (χ2v) is 4.79. The van der Waals surface area contributed by atoms with Crippen LogP contribution in [0.5, 0.6) is 0 Å². The van der Waals surface area contributed by atoms with Gasteiger partial charge in [-0.3, -0.25) is 0 Å². The molecule has 3 nitrogen and oxygen atoms in total.